The Morgan fingerprint density at radius 2 is 1.83 bits per heavy atom. The number of ether oxygens (including phenoxy) is 1. The predicted octanol–water partition coefficient (Wildman–Crippen LogP) is -0.260. The van der Waals surface area contributed by atoms with E-state index >= 15 is 0 Å². The number of allylic oxidation sites excluding steroid dienone is 1. The number of phosphoric ester groups is 1. The van der Waals surface area contributed by atoms with Gasteiger partial charge >= 0.3 is 23.3 Å². The van der Waals surface area contributed by atoms with Crippen molar-refractivity contribution in [3.8, 4) is 0 Å². The molecule has 2 aromatic rings. The molecule has 0 radical (unpaired) electrons. The van der Waals surface area contributed by atoms with Crippen LogP contribution in [0, 0.1) is 0 Å². The second-order valence-corrected chi connectivity index (χ2v) is 12.5. The van der Waals surface area contributed by atoms with Crippen molar-refractivity contribution in [2.75, 3.05) is 18.5 Å². The molecule has 0 aromatic carbocycles. The van der Waals surface area contributed by atoms with Crippen LogP contribution in [0.1, 0.15) is 20.1 Å². The molecule has 1 saturated heterocycles. The lowest BCUT2D eigenvalue weighted by atomic mass is 10.1. The number of nitrogens with one attached hydrogen (secondary N) is 2. The molecule has 6 atom stereocenters. The van der Waals surface area contributed by atoms with E-state index in [-0.39, 0.29) is 5.65 Å². The average Bonchev–Trinajstić information content (AvgIpc) is 3.26. The van der Waals surface area contributed by atoms with E-state index in [1.165, 1.54) is 17.2 Å². The minimum absolute atomic E-state index is 0.239. The molecule has 0 amide bonds. The quantitative estimate of drug-likeness (QED) is 0.127. The number of aromatic nitrogens is 4. The molecule has 3 rings (SSSR count). The van der Waals surface area contributed by atoms with Crippen molar-refractivity contribution < 1.29 is 57.1 Å². The van der Waals surface area contributed by atoms with E-state index in [2.05, 4.69) is 29.1 Å². The molecule has 0 bridgehead atoms. The van der Waals surface area contributed by atoms with Gasteiger partial charge in [-0.1, -0.05) is 11.6 Å². The minimum Gasteiger partial charge on any atom is -0.387 e. The van der Waals surface area contributed by atoms with Gasteiger partial charge in [-0.3, -0.25) is 9.09 Å². The number of phosphoric acid groups is 1. The number of fused-ring (bicyclic) bond motifs is 1. The van der Waals surface area contributed by atoms with Gasteiger partial charge in [-0.05, 0) is 13.8 Å². The average molecular weight is 574 g/mol. The topological polar surface area (TPSA) is 268 Å². The molecule has 21 heteroatoms. The lowest BCUT2D eigenvalue weighted by Crippen LogP contribution is -2.33. The first-order valence-electron chi connectivity index (χ1n) is 10.0. The summed E-state index contributed by atoms with van der Waals surface area (Å²) >= 11 is 0. The van der Waals surface area contributed by atoms with Crippen molar-refractivity contribution in [2.45, 2.75) is 38.4 Å². The molecule has 1 aliphatic heterocycles. The summed E-state index contributed by atoms with van der Waals surface area (Å²) in [6.07, 6.45) is -1.47. The number of nitrogens with zero attached hydrogens (tertiary/aromatic N) is 4. The van der Waals surface area contributed by atoms with Crippen molar-refractivity contribution in [2.24, 2.45) is 0 Å². The number of aliphatic hydroxyl groups excluding tert-OH is 2. The van der Waals surface area contributed by atoms with Gasteiger partial charge in [0.25, 0.3) is 0 Å². The number of hydrogen-bond donors (Lipinski definition) is 8. The Hall–Kier alpha value is -1.62. The maximum absolute atomic E-state index is 12.0. The van der Waals surface area contributed by atoms with Crippen molar-refractivity contribution in [3.05, 3.63) is 24.3 Å². The zero-order chi connectivity index (χ0) is 26.9. The molecule has 3 heterocycles. The molecular formula is C15H25N6O12P3. The smallest absolute Gasteiger partial charge is 0.387 e. The number of anilines is 1. The van der Waals surface area contributed by atoms with Crippen LogP contribution in [0.25, 0.3) is 11.2 Å². The van der Waals surface area contributed by atoms with Gasteiger partial charge in [0.15, 0.2) is 23.2 Å². The first-order valence-corrected chi connectivity index (χ1v) is 14.7. The first-order chi connectivity index (χ1) is 16.6. The third kappa shape index (κ3) is 7.46. The van der Waals surface area contributed by atoms with Crippen molar-refractivity contribution in [3.63, 3.8) is 0 Å². The van der Waals surface area contributed by atoms with Gasteiger partial charge in [-0.25, -0.2) is 28.6 Å². The second kappa shape index (κ2) is 11.0. The van der Waals surface area contributed by atoms with Gasteiger partial charge in [0, 0.05) is 6.54 Å². The molecule has 202 valence electrons. The van der Waals surface area contributed by atoms with Crippen molar-refractivity contribution in [1.29, 1.82) is 0 Å². The van der Waals surface area contributed by atoms with Crippen LogP contribution in [0.5, 0.6) is 0 Å². The lowest BCUT2D eigenvalue weighted by Gasteiger charge is -2.19. The molecule has 2 aromatic heterocycles. The Labute approximate surface area is 203 Å². The Kier molecular flexibility index (Phi) is 8.85. The summed E-state index contributed by atoms with van der Waals surface area (Å²) < 4.78 is 49.6. The van der Waals surface area contributed by atoms with E-state index in [1.807, 2.05) is 19.9 Å². The molecule has 0 aliphatic carbocycles. The summed E-state index contributed by atoms with van der Waals surface area (Å²) in [7, 11) is -16.2. The summed E-state index contributed by atoms with van der Waals surface area (Å²) in [6.45, 7) is 3.41. The fraction of sp³-hybridized carbons (Fsp3) is 0.533. The number of aliphatic hydroxyl groups is 2. The zero-order valence-electron chi connectivity index (χ0n) is 18.7. The van der Waals surface area contributed by atoms with Crippen LogP contribution in [0.2, 0.25) is 0 Å². The Morgan fingerprint density at radius 3 is 2.47 bits per heavy atom. The molecule has 2 unspecified atom stereocenters. The Bertz CT molecular complexity index is 1260. The van der Waals surface area contributed by atoms with Gasteiger partial charge in [0.05, 0.1) is 12.9 Å². The van der Waals surface area contributed by atoms with Crippen molar-refractivity contribution in [1.82, 2.24) is 24.4 Å². The normalized spacial score (nSPS) is 25.9. The maximum atomic E-state index is 12.0. The third-order valence-electron chi connectivity index (χ3n) is 4.62. The number of hydrogen-bond acceptors (Lipinski definition) is 12. The number of rotatable bonds is 11. The second-order valence-electron chi connectivity index (χ2n) is 7.77. The van der Waals surface area contributed by atoms with Crippen LogP contribution in [-0.2, 0) is 27.3 Å². The fourth-order valence-electron chi connectivity index (χ4n) is 3.13. The molecule has 18 nitrogen and oxygen atoms in total. The van der Waals surface area contributed by atoms with Gasteiger partial charge in [0.2, 0.25) is 0 Å². The van der Waals surface area contributed by atoms with E-state index in [4.69, 9.17) is 14.5 Å². The van der Waals surface area contributed by atoms with E-state index in [9.17, 15) is 33.7 Å². The first kappa shape index (κ1) is 28.9. The fourth-order valence-corrected chi connectivity index (χ4v) is 6.56. The van der Waals surface area contributed by atoms with Gasteiger partial charge < -0.3 is 39.8 Å². The Morgan fingerprint density at radius 1 is 1.14 bits per heavy atom. The standard InChI is InChI=1S/C15H25N6O12P3/c1-8(2)3-4-16-13-10-14(18-6-17-13)21(7-19-10)15-12(23)11(22)9(32-15)5-31-36(29,30)33-35(27,28)20-34(24,25)26/h3,6-7,9,11-12,15,22-23H,4-5H2,1-2H3,(H,29,30)(H,16,17,18)(H4,20,24,25,26,27,28)/t9-,11-,12-,15-/m1/s1. The highest BCUT2D eigenvalue weighted by Gasteiger charge is 2.46. The predicted molar refractivity (Wildman–Crippen MR) is 121 cm³/mol. The summed E-state index contributed by atoms with van der Waals surface area (Å²) in [5, 5.41) is 23.9. The van der Waals surface area contributed by atoms with E-state index in [0.717, 1.165) is 10.4 Å². The Balaban J connectivity index is 1.71. The van der Waals surface area contributed by atoms with Gasteiger partial charge in [-0.2, -0.15) is 4.31 Å². The highest BCUT2D eigenvalue weighted by Crippen LogP contribution is 2.61. The van der Waals surface area contributed by atoms with Crippen molar-refractivity contribution >= 4 is 40.3 Å². The molecule has 0 spiro atoms. The third-order valence-corrected chi connectivity index (χ3v) is 8.86. The molecule has 1 fully saturated rings. The number of imidazole rings is 1. The molecule has 0 saturated carbocycles. The van der Waals surface area contributed by atoms with Crippen LogP contribution in [0.4, 0.5) is 5.82 Å². The lowest BCUT2D eigenvalue weighted by molar-refractivity contribution is -0.0502. The van der Waals surface area contributed by atoms with Crippen LogP contribution in [0.15, 0.2) is 24.3 Å². The summed E-state index contributed by atoms with van der Waals surface area (Å²) in [5.41, 5.74) is 1.67. The van der Waals surface area contributed by atoms with Crippen LogP contribution in [-0.4, -0.2) is 80.8 Å². The molecule has 1 aliphatic rings. The van der Waals surface area contributed by atoms with E-state index in [0.29, 0.717) is 17.9 Å². The largest absolute Gasteiger partial charge is 0.480 e. The van der Waals surface area contributed by atoms with Crippen LogP contribution >= 0.6 is 23.3 Å². The minimum atomic E-state index is -5.46. The molecule has 8 N–H and O–H groups in total. The van der Waals surface area contributed by atoms with E-state index < -0.39 is 54.5 Å². The monoisotopic (exact) mass is 574 g/mol. The summed E-state index contributed by atoms with van der Waals surface area (Å²) in [4.78, 5) is 49.6. The zero-order valence-corrected chi connectivity index (χ0v) is 21.4. The SMILES string of the molecule is CC(C)=CCNc1ncnc2c1ncn2[C@@H]1O[C@H](COP(=O)(O)OP(=O)(O)NP(=O)(O)O)[C@@H](O)[C@H]1O. The van der Waals surface area contributed by atoms with E-state index in [1.54, 1.807) is 0 Å². The van der Waals surface area contributed by atoms with Crippen LogP contribution in [0.3, 0.4) is 0 Å². The van der Waals surface area contributed by atoms with Crippen LogP contribution < -0.4 is 10.2 Å². The molecular weight excluding hydrogens is 549 g/mol. The van der Waals surface area contributed by atoms with Gasteiger partial charge in [0.1, 0.15) is 24.6 Å². The molecule has 36 heavy (non-hydrogen) atoms. The highest BCUT2D eigenvalue weighted by molar-refractivity contribution is 7.70. The summed E-state index contributed by atoms with van der Waals surface area (Å²) in [5.74, 6) is 0.403. The van der Waals surface area contributed by atoms with Gasteiger partial charge in [-0.15, -0.1) is 4.86 Å². The summed E-state index contributed by atoms with van der Waals surface area (Å²) in [6, 6.07) is 0. The maximum Gasteiger partial charge on any atom is 0.480 e. The highest BCUT2D eigenvalue weighted by atomic mass is 31.3.